The fourth-order valence-electron chi connectivity index (χ4n) is 9.81. The first-order chi connectivity index (χ1) is 39.0. The van der Waals surface area contributed by atoms with Gasteiger partial charge in [-0.05, 0) is 89.9 Å². The highest BCUT2D eigenvalue weighted by Crippen LogP contribution is 2.36. The van der Waals surface area contributed by atoms with Gasteiger partial charge in [-0.1, -0.05) is 72.4 Å². The van der Waals surface area contributed by atoms with Crippen LogP contribution in [-0.4, -0.2) is 214 Å². The van der Waals surface area contributed by atoms with Gasteiger partial charge in [0.25, 0.3) is 0 Å². The smallest absolute Gasteiger partial charge is 0.438 e. The molecule has 4 heterocycles. The lowest BCUT2D eigenvalue weighted by molar-refractivity contribution is -0.804. The van der Waals surface area contributed by atoms with E-state index in [1.165, 1.54) is 51.2 Å². The minimum Gasteiger partial charge on any atom is -0.453 e. The maximum absolute atomic E-state index is 13.8. The third-order valence-corrected chi connectivity index (χ3v) is 13.7. The molecule has 4 fully saturated rings. The predicted octanol–water partition coefficient (Wildman–Crippen LogP) is 8.29. The Labute approximate surface area is 480 Å². The second kappa shape index (κ2) is 47.1. The normalized spacial score (nSPS) is 20.1. The number of methoxy groups -OCH3 is 1. The number of aliphatic imine (C=N–C) groups is 5. The van der Waals surface area contributed by atoms with E-state index < -0.39 is 63.6 Å². The summed E-state index contributed by atoms with van der Waals surface area (Å²) >= 11 is 0. The van der Waals surface area contributed by atoms with E-state index in [0.29, 0.717) is 110 Å². The van der Waals surface area contributed by atoms with Crippen molar-refractivity contribution in [3.8, 4) is 0 Å². The summed E-state index contributed by atoms with van der Waals surface area (Å²) in [4.78, 5) is 169. The molecule has 0 aliphatic carbocycles. The minimum atomic E-state index is -0.904. The van der Waals surface area contributed by atoms with Gasteiger partial charge in [-0.2, -0.15) is 0 Å². The quantitative estimate of drug-likeness (QED) is 0.0225. The Morgan fingerprint density at radius 3 is 1.07 bits per heavy atom. The van der Waals surface area contributed by atoms with Crippen molar-refractivity contribution < 1.29 is 76.3 Å². The summed E-state index contributed by atoms with van der Waals surface area (Å²) in [6.45, 7) is 5.58. The monoisotopic (exact) mass is 1140 g/mol. The van der Waals surface area contributed by atoms with E-state index >= 15 is 0 Å². The highest BCUT2D eigenvalue weighted by atomic mass is 16.5. The molecule has 26 nitrogen and oxygen atoms in total. The lowest BCUT2D eigenvalue weighted by atomic mass is 10.1. The number of carbonyl (C=O) groups excluding carboxylic acids is 12. The molecule has 4 radical (unpaired) electrons. The average molecular weight is 1140 g/mol. The number of amides is 13. The van der Waals surface area contributed by atoms with Crippen molar-refractivity contribution >= 4 is 88.4 Å². The predicted molar refractivity (Wildman–Crippen MR) is 302 cm³/mol. The van der Waals surface area contributed by atoms with Gasteiger partial charge < -0.3 is 15.2 Å². The number of alkyl carbamates (subject to hydrolysis) is 1. The zero-order chi connectivity index (χ0) is 60.0. The van der Waals surface area contributed by atoms with Crippen molar-refractivity contribution in [2.45, 2.75) is 188 Å². The summed E-state index contributed by atoms with van der Waals surface area (Å²) in [5.74, 6) is 0. The Kier molecular flexibility index (Phi) is 44.4. The molecule has 4 saturated heterocycles. The SMILES string of the molecule is C.CO.COC(=O)NCCCCCCN1C(=O)N(CCCCCCN=C=O)C(=O)[N+]2(CCCCCC2N=C=O)C1=O.O=C=NCCCCCCN1C(=O)N(CCCCCCN=C=O)C(=O)[N+]2(CCCCCC2N=C=O)C1=O.[B]C.[B]C. The van der Waals surface area contributed by atoms with E-state index in [9.17, 15) is 57.5 Å². The molecule has 4 rings (SSSR count). The maximum Gasteiger partial charge on any atom is 0.438 e. The number of nitrogens with zero attached hydrogens (tertiary/aromatic N) is 11. The average Bonchev–Trinajstić information content (AvgIpc) is 4.05. The minimum absolute atomic E-state index is 0. The van der Waals surface area contributed by atoms with Gasteiger partial charge in [0.2, 0.25) is 42.7 Å². The molecular formula is C53H88B2N12O14+2. The Balaban J connectivity index is 0. The molecule has 0 aromatic heterocycles. The molecule has 2 N–H and O–H groups in total. The number of quaternary nitrogens is 2. The van der Waals surface area contributed by atoms with Crippen LogP contribution in [0, 0.1) is 0 Å². The molecule has 448 valence electrons. The first-order valence-electron chi connectivity index (χ1n) is 27.8. The van der Waals surface area contributed by atoms with Crippen LogP contribution >= 0.6 is 0 Å². The van der Waals surface area contributed by atoms with Crippen LogP contribution in [0.3, 0.4) is 0 Å². The highest BCUT2D eigenvalue weighted by molar-refractivity contribution is 6.07. The van der Waals surface area contributed by atoms with Crippen LogP contribution < -0.4 is 5.32 Å². The zero-order valence-corrected chi connectivity index (χ0v) is 47.5. The van der Waals surface area contributed by atoms with E-state index in [2.05, 4.69) is 50.7 Å². The molecule has 0 bridgehead atoms. The van der Waals surface area contributed by atoms with Gasteiger partial charge in [0.1, 0.15) is 0 Å². The van der Waals surface area contributed by atoms with E-state index in [0.717, 1.165) is 97.3 Å². The molecule has 4 aliphatic rings. The Morgan fingerprint density at radius 1 is 0.494 bits per heavy atom. The fraction of sp³-hybridized carbons (Fsp3) is 0.774. The lowest BCUT2D eigenvalue weighted by Gasteiger charge is -2.45. The van der Waals surface area contributed by atoms with Crippen molar-refractivity contribution in [3.63, 3.8) is 0 Å². The number of isocyanates is 5. The van der Waals surface area contributed by atoms with Gasteiger partial charge >= 0.3 is 42.3 Å². The van der Waals surface area contributed by atoms with Crippen LogP contribution in [0.1, 0.15) is 162 Å². The molecule has 0 saturated carbocycles. The van der Waals surface area contributed by atoms with Crippen molar-refractivity contribution in [3.05, 3.63) is 0 Å². The third-order valence-electron chi connectivity index (χ3n) is 13.7. The van der Waals surface area contributed by atoms with E-state index in [1.54, 1.807) is 0 Å². The molecule has 3 atom stereocenters. The van der Waals surface area contributed by atoms with Crippen LogP contribution in [0.5, 0.6) is 0 Å². The molecule has 0 aromatic carbocycles. The van der Waals surface area contributed by atoms with Gasteiger partial charge in [-0.25, -0.2) is 92.1 Å². The third kappa shape index (κ3) is 24.2. The summed E-state index contributed by atoms with van der Waals surface area (Å²) in [7, 11) is 11.3. The second-order valence-corrected chi connectivity index (χ2v) is 18.6. The van der Waals surface area contributed by atoms with Crippen molar-refractivity contribution in [2.24, 2.45) is 25.0 Å². The van der Waals surface area contributed by atoms with E-state index in [-0.39, 0.29) is 46.7 Å². The number of urea groups is 6. The fourth-order valence-corrected chi connectivity index (χ4v) is 9.81. The first-order valence-corrected chi connectivity index (χ1v) is 27.8. The number of unbranched alkanes of at least 4 members (excludes halogenated alkanes) is 12. The molecule has 81 heavy (non-hydrogen) atoms. The Bertz CT molecular complexity index is 2110. The lowest BCUT2D eigenvalue weighted by Crippen LogP contribution is -2.76. The first kappa shape index (κ1) is 76.5. The zero-order valence-electron chi connectivity index (χ0n) is 47.5. The number of rotatable bonds is 30. The number of hydrogen-bond acceptors (Lipinski definition) is 19. The number of carbonyl (C=O) groups is 7. The molecule has 3 unspecified atom stereocenters. The Morgan fingerprint density at radius 2 is 0.790 bits per heavy atom. The maximum atomic E-state index is 13.8. The van der Waals surface area contributed by atoms with Gasteiger partial charge in [0.15, 0.2) is 0 Å². The Hall–Kier alpha value is -6.60. The number of imide groups is 6. The molecule has 0 aromatic rings. The van der Waals surface area contributed by atoms with Gasteiger partial charge in [-0.3, -0.25) is 0 Å². The van der Waals surface area contributed by atoms with Crippen LogP contribution in [-0.2, 0) is 28.7 Å². The number of aliphatic hydroxyl groups is 1. The molecular weight excluding hydrogens is 1050 g/mol. The molecule has 13 amide bonds. The van der Waals surface area contributed by atoms with Crippen LogP contribution in [0.2, 0.25) is 13.6 Å². The summed E-state index contributed by atoms with van der Waals surface area (Å²) in [6.07, 6.45) is 21.2. The van der Waals surface area contributed by atoms with Crippen molar-refractivity contribution in [1.82, 2.24) is 24.9 Å². The van der Waals surface area contributed by atoms with Crippen LogP contribution in [0.25, 0.3) is 0 Å². The van der Waals surface area contributed by atoms with Crippen LogP contribution in [0.15, 0.2) is 25.0 Å². The molecule has 2 spiro atoms. The highest BCUT2D eigenvalue weighted by Gasteiger charge is 2.63. The summed E-state index contributed by atoms with van der Waals surface area (Å²) in [5, 5.41) is 9.61. The summed E-state index contributed by atoms with van der Waals surface area (Å²) in [5.41, 5.74) is 0. The number of nitrogens with one attached hydrogen (secondary N) is 1. The van der Waals surface area contributed by atoms with Gasteiger partial charge in [0.05, 0.1) is 55.5 Å². The second-order valence-electron chi connectivity index (χ2n) is 18.6. The largest absolute Gasteiger partial charge is 0.453 e. The summed E-state index contributed by atoms with van der Waals surface area (Å²) < 4.78 is 3.17. The number of hydrogen-bond donors (Lipinski definition) is 2. The standard InChI is InChI=1S/C25H38N6O7.C24H35N6O6.2CH3B.CH4O.CH4/c1-38-22(34)27-15-9-3-5-11-17-30-23(35)29(16-10-4-2-8-14-26-19-32)24(36)31(25(30)37)18-12-6-7-13-21(31)28-20-33;31-18-25-13-7-1-3-9-15-28-22(34)29(16-10-4-2-8-14-26-19-32)24(36)30(23(28)35)17-11-5-6-12-21(30)27-20-33;3*1-2;/h21H,2-18H2,1H3;21H,1-17H2;2*1H3;2H,1H3;1H4/q;+1;;;;/p+1. The van der Waals surface area contributed by atoms with Gasteiger partial charge in [-0.15, -0.1) is 19.0 Å². The molecule has 28 heteroatoms. The summed E-state index contributed by atoms with van der Waals surface area (Å²) in [6, 6.07) is -3.76. The number of ether oxygens (including phenoxy) is 1. The van der Waals surface area contributed by atoms with Crippen LogP contribution in [0.4, 0.5) is 33.6 Å². The van der Waals surface area contributed by atoms with Crippen molar-refractivity contribution in [1.29, 1.82) is 0 Å². The van der Waals surface area contributed by atoms with E-state index in [4.69, 9.17) is 5.11 Å². The van der Waals surface area contributed by atoms with E-state index in [1.807, 2.05) is 0 Å². The molecule has 4 aliphatic heterocycles. The topological polar surface area (TPSA) is 321 Å². The van der Waals surface area contributed by atoms with Gasteiger partial charge in [0, 0.05) is 52.7 Å². The van der Waals surface area contributed by atoms with Crippen molar-refractivity contribution in [2.75, 3.05) is 79.7 Å². The number of aliphatic hydroxyl groups excluding tert-OH is 1.